The van der Waals surface area contributed by atoms with Crippen molar-refractivity contribution in [3.8, 4) is 0 Å². The first kappa shape index (κ1) is 15.1. The molecule has 0 fully saturated rings. The standard InChI is InChI=1S/C9H21N3.ClH/c1-3-5-7-12(9(10)11)8-6-4-2;/h3-8H2,1-2H3,(H3,10,11);1H. The van der Waals surface area contributed by atoms with Crippen molar-refractivity contribution in [2.75, 3.05) is 13.1 Å². The van der Waals surface area contributed by atoms with E-state index in [9.17, 15) is 0 Å². The van der Waals surface area contributed by atoms with E-state index in [0.717, 1.165) is 38.8 Å². The summed E-state index contributed by atoms with van der Waals surface area (Å²) in [6.45, 7) is 6.17. The molecule has 0 aromatic carbocycles. The summed E-state index contributed by atoms with van der Waals surface area (Å²) in [5, 5.41) is 7.31. The lowest BCUT2D eigenvalue weighted by molar-refractivity contribution is 0.392. The summed E-state index contributed by atoms with van der Waals surface area (Å²) in [7, 11) is 0. The van der Waals surface area contributed by atoms with Crippen LogP contribution in [0.3, 0.4) is 0 Å². The summed E-state index contributed by atoms with van der Waals surface area (Å²) in [6.07, 6.45) is 4.58. The molecule has 0 aliphatic heterocycles. The number of nitrogens with two attached hydrogens (primary N) is 1. The van der Waals surface area contributed by atoms with Gasteiger partial charge in [-0.1, -0.05) is 26.7 Å². The second kappa shape index (κ2) is 9.65. The predicted molar refractivity (Wildman–Crippen MR) is 60.6 cm³/mol. The maximum atomic E-state index is 7.31. The molecule has 80 valence electrons. The number of unbranched alkanes of at least 4 members (excludes halogenated alkanes) is 2. The van der Waals surface area contributed by atoms with Crippen LogP contribution >= 0.6 is 12.4 Å². The van der Waals surface area contributed by atoms with E-state index in [2.05, 4.69) is 13.8 Å². The minimum absolute atomic E-state index is 0. The Balaban J connectivity index is 0. The second-order valence-corrected chi connectivity index (χ2v) is 3.08. The van der Waals surface area contributed by atoms with Gasteiger partial charge in [0.2, 0.25) is 0 Å². The van der Waals surface area contributed by atoms with Gasteiger partial charge in [-0.2, -0.15) is 0 Å². The fourth-order valence-electron chi connectivity index (χ4n) is 1.05. The van der Waals surface area contributed by atoms with Crippen molar-refractivity contribution in [2.24, 2.45) is 5.73 Å². The van der Waals surface area contributed by atoms with Crippen LogP contribution in [0.1, 0.15) is 39.5 Å². The Labute approximate surface area is 87.6 Å². The molecule has 3 N–H and O–H groups in total. The minimum Gasteiger partial charge on any atom is -0.370 e. The van der Waals surface area contributed by atoms with Gasteiger partial charge in [-0.3, -0.25) is 5.41 Å². The van der Waals surface area contributed by atoms with Crippen molar-refractivity contribution in [1.29, 1.82) is 5.41 Å². The highest BCUT2D eigenvalue weighted by Crippen LogP contribution is 1.97. The summed E-state index contributed by atoms with van der Waals surface area (Å²) in [5.41, 5.74) is 5.43. The van der Waals surface area contributed by atoms with E-state index in [1.807, 2.05) is 4.90 Å². The smallest absolute Gasteiger partial charge is 0.188 e. The van der Waals surface area contributed by atoms with Crippen LogP contribution in [0.15, 0.2) is 0 Å². The van der Waals surface area contributed by atoms with Gasteiger partial charge in [-0.05, 0) is 12.8 Å². The monoisotopic (exact) mass is 207 g/mol. The fourth-order valence-corrected chi connectivity index (χ4v) is 1.05. The zero-order valence-corrected chi connectivity index (χ0v) is 9.49. The van der Waals surface area contributed by atoms with Crippen LogP contribution in [-0.4, -0.2) is 23.9 Å². The number of rotatable bonds is 6. The lowest BCUT2D eigenvalue weighted by atomic mass is 10.3. The van der Waals surface area contributed by atoms with E-state index in [1.54, 1.807) is 0 Å². The van der Waals surface area contributed by atoms with Gasteiger partial charge >= 0.3 is 0 Å². The van der Waals surface area contributed by atoms with Crippen molar-refractivity contribution >= 4 is 18.4 Å². The normalized spacial score (nSPS) is 9.08. The quantitative estimate of drug-likeness (QED) is 0.518. The second-order valence-electron chi connectivity index (χ2n) is 3.08. The number of halogens is 1. The molecule has 0 radical (unpaired) electrons. The zero-order valence-electron chi connectivity index (χ0n) is 8.68. The Kier molecular flexibility index (Phi) is 11.2. The molecule has 0 heterocycles. The molecule has 3 nitrogen and oxygen atoms in total. The maximum absolute atomic E-state index is 7.31. The van der Waals surface area contributed by atoms with Gasteiger partial charge in [-0.25, -0.2) is 0 Å². The van der Waals surface area contributed by atoms with Crippen molar-refractivity contribution in [3.05, 3.63) is 0 Å². The summed E-state index contributed by atoms with van der Waals surface area (Å²) >= 11 is 0. The van der Waals surface area contributed by atoms with Gasteiger partial charge in [0.05, 0.1) is 0 Å². The summed E-state index contributed by atoms with van der Waals surface area (Å²) in [6, 6.07) is 0. The molecule has 0 saturated carbocycles. The third kappa shape index (κ3) is 7.91. The Morgan fingerprint density at radius 3 is 1.77 bits per heavy atom. The molecule has 0 saturated heterocycles. The van der Waals surface area contributed by atoms with Crippen LogP contribution in [0.5, 0.6) is 0 Å². The molecule has 0 unspecified atom stereocenters. The average molecular weight is 208 g/mol. The topological polar surface area (TPSA) is 53.1 Å². The Morgan fingerprint density at radius 1 is 1.15 bits per heavy atom. The fraction of sp³-hybridized carbons (Fsp3) is 0.889. The number of guanidine groups is 1. The minimum atomic E-state index is 0. The molecule has 4 heteroatoms. The average Bonchev–Trinajstić information content (AvgIpc) is 2.04. The molecule has 13 heavy (non-hydrogen) atoms. The molecule has 0 aromatic rings. The SMILES string of the molecule is CCCCN(CCCC)C(=N)N.Cl. The highest BCUT2D eigenvalue weighted by Gasteiger charge is 2.03. The Morgan fingerprint density at radius 2 is 1.54 bits per heavy atom. The number of hydrogen-bond donors (Lipinski definition) is 2. The molecular weight excluding hydrogens is 186 g/mol. The number of hydrogen-bond acceptors (Lipinski definition) is 1. The molecule has 0 spiro atoms. The zero-order chi connectivity index (χ0) is 9.40. The molecule has 0 atom stereocenters. The van der Waals surface area contributed by atoms with Crippen molar-refractivity contribution < 1.29 is 0 Å². The van der Waals surface area contributed by atoms with Crippen LogP contribution in [0.2, 0.25) is 0 Å². The third-order valence-electron chi connectivity index (χ3n) is 1.90. The van der Waals surface area contributed by atoms with Gasteiger partial charge in [0.1, 0.15) is 0 Å². The van der Waals surface area contributed by atoms with E-state index < -0.39 is 0 Å². The molecule has 0 bridgehead atoms. The molecule has 0 aromatic heterocycles. The molecule has 0 aliphatic carbocycles. The molecule has 0 aliphatic rings. The van der Waals surface area contributed by atoms with E-state index in [-0.39, 0.29) is 18.4 Å². The Hall–Kier alpha value is -0.440. The van der Waals surface area contributed by atoms with E-state index in [1.165, 1.54) is 0 Å². The highest BCUT2D eigenvalue weighted by atomic mass is 35.5. The van der Waals surface area contributed by atoms with Gasteiger partial charge in [0.15, 0.2) is 5.96 Å². The first-order valence-electron chi connectivity index (χ1n) is 4.81. The van der Waals surface area contributed by atoms with Gasteiger partial charge in [0.25, 0.3) is 0 Å². The first-order chi connectivity index (χ1) is 5.72. The van der Waals surface area contributed by atoms with Gasteiger partial charge < -0.3 is 10.6 Å². The largest absolute Gasteiger partial charge is 0.370 e. The van der Waals surface area contributed by atoms with E-state index in [0.29, 0.717) is 0 Å². The van der Waals surface area contributed by atoms with Crippen LogP contribution < -0.4 is 5.73 Å². The molecular formula is C9H22ClN3. The van der Waals surface area contributed by atoms with Crippen molar-refractivity contribution in [2.45, 2.75) is 39.5 Å². The summed E-state index contributed by atoms with van der Waals surface area (Å²) in [5.74, 6) is 0.219. The van der Waals surface area contributed by atoms with E-state index >= 15 is 0 Å². The van der Waals surface area contributed by atoms with E-state index in [4.69, 9.17) is 11.1 Å². The number of nitrogens with one attached hydrogen (secondary N) is 1. The highest BCUT2D eigenvalue weighted by molar-refractivity contribution is 5.85. The first-order valence-corrected chi connectivity index (χ1v) is 4.81. The third-order valence-corrected chi connectivity index (χ3v) is 1.90. The molecule has 0 rings (SSSR count). The van der Waals surface area contributed by atoms with Crippen LogP contribution in [0, 0.1) is 5.41 Å². The van der Waals surface area contributed by atoms with Gasteiger partial charge in [-0.15, -0.1) is 12.4 Å². The lowest BCUT2D eigenvalue weighted by Crippen LogP contribution is -2.37. The molecule has 0 amide bonds. The predicted octanol–water partition coefficient (Wildman–Crippen LogP) is 2.20. The van der Waals surface area contributed by atoms with Crippen molar-refractivity contribution in [1.82, 2.24) is 4.90 Å². The number of nitrogens with zero attached hydrogens (tertiary/aromatic N) is 1. The maximum Gasteiger partial charge on any atom is 0.188 e. The van der Waals surface area contributed by atoms with Crippen LogP contribution in [0.25, 0.3) is 0 Å². The lowest BCUT2D eigenvalue weighted by Gasteiger charge is -2.21. The summed E-state index contributed by atoms with van der Waals surface area (Å²) < 4.78 is 0. The van der Waals surface area contributed by atoms with Crippen molar-refractivity contribution in [3.63, 3.8) is 0 Å². The van der Waals surface area contributed by atoms with Gasteiger partial charge in [0, 0.05) is 13.1 Å². The van der Waals surface area contributed by atoms with Crippen LogP contribution in [0.4, 0.5) is 0 Å². The summed E-state index contributed by atoms with van der Waals surface area (Å²) in [4.78, 5) is 1.95. The van der Waals surface area contributed by atoms with Crippen LogP contribution in [-0.2, 0) is 0 Å². The Bertz CT molecular complexity index is 120.